The average Bonchev–Trinajstić information content (AvgIpc) is 2.69. The highest BCUT2D eigenvalue weighted by Gasteiger charge is 2.47. The maximum Gasteiger partial charge on any atom is 0.297 e. The van der Waals surface area contributed by atoms with Crippen LogP contribution in [0.15, 0.2) is 30.3 Å². The lowest BCUT2D eigenvalue weighted by Crippen LogP contribution is -2.32. The SMILES string of the molecule is CC(=O)N1CCN(C(C)=O)P1(=O)c1ccccc1. The molecular weight excluding hydrogens is 251 g/mol. The van der Waals surface area contributed by atoms with Gasteiger partial charge in [-0.1, -0.05) is 18.2 Å². The molecule has 6 heteroatoms. The minimum absolute atomic E-state index is 0.272. The number of hydrogen-bond acceptors (Lipinski definition) is 3. The van der Waals surface area contributed by atoms with Gasteiger partial charge in [-0.2, -0.15) is 0 Å². The summed E-state index contributed by atoms with van der Waals surface area (Å²) in [5, 5.41) is 0.521. The number of benzene rings is 1. The summed E-state index contributed by atoms with van der Waals surface area (Å²) in [6.07, 6.45) is 0. The Morgan fingerprint density at radius 3 is 1.83 bits per heavy atom. The average molecular weight is 266 g/mol. The van der Waals surface area contributed by atoms with Crippen LogP contribution in [0.5, 0.6) is 0 Å². The second-order valence-electron chi connectivity index (χ2n) is 4.16. The standard InChI is InChI=1S/C12H15N2O3P/c1-10(15)13-8-9-14(11(2)16)18(13,17)12-6-4-3-5-7-12/h3-7H,8-9H2,1-2H3. The van der Waals surface area contributed by atoms with E-state index in [1.807, 2.05) is 6.07 Å². The van der Waals surface area contributed by atoms with Crippen molar-refractivity contribution in [1.29, 1.82) is 0 Å². The first-order valence-electron chi connectivity index (χ1n) is 5.70. The fourth-order valence-corrected chi connectivity index (χ4v) is 5.05. The van der Waals surface area contributed by atoms with Gasteiger partial charge in [0.05, 0.1) is 5.30 Å². The first-order chi connectivity index (χ1) is 8.48. The second-order valence-corrected chi connectivity index (χ2v) is 6.73. The largest absolute Gasteiger partial charge is 0.297 e. The number of nitrogens with zero attached hydrogens (tertiary/aromatic N) is 2. The molecule has 18 heavy (non-hydrogen) atoms. The minimum atomic E-state index is -3.29. The molecule has 0 radical (unpaired) electrons. The summed E-state index contributed by atoms with van der Waals surface area (Å²) < 4.78 is 15.8. The van der Waals surface area contributed by atoms with E-state index < -0.39 is 7.44 Å². The van der Waals surface area contributed by atoms with Crippen LogP contribution in [-0.4, -0.2) is 34.2 Å². The van der Waals surface area contributed by atoms with E-state index in [2.05, 4.69) is 0 Å². The van der Waals surface area contributed by atoms with Crippen LogP contribution in [-0.2, 0) is 14.2 Å². The highest BCUT2D eigenvalue weighted by molar-refractivity contribution is 7.68. The van der Waals surface area contributed by atoms with Crippen molar-refractivity contribution in [2.24, 2.45) is 0 Å². The number of amides is 2. The van der Waals surface area contributed by atoms with Crippen LogP contribution in [0.4, 0.5) is 0 Å². The zero-order valence-electron chi connectivity index (χ0n) is 10.4. The number of carbonyl (C=O) groups is 2. The molecular formula is C12H15N2O3P. The van der Waals surface area contributed by atoms with Crippen LogP contribution in [0.3, 0.4) is 0 Å². The van der Waals surface area contributed by atoms with Crippen molar-refractivity contribution in [3.8, 4) is 0 Å². The van der Waals surface area contributed by atoms with Gasteiger partial charge < -0.3 is 0 Å². The Labute approximate surface area is 106 Å². The Hall–Kier alpha value is -1.61. The van der Waals surface area contributed by atoms with Crippen molar-refractivity contribution in [3.63, 3.8) is 0 Å². The fraction of sp³-hybridized carbons (Fsp3) is 0.333. The molecule has 0 saturated carbocycles. The Morgan fingerprint density at radius 1 is 1.00 bits per heavy atom. The summed E-state index contributed by atoms with van der Waals surface area (Å²) in [5.41, 5.74) is 0. The van der Waals surface area contributed by atoms with Gasteiger partial charge in [0, 0.05) is 26.9 Å². The van der Waals surface area contributed by atoms with Crippen LogP contribution < -0.4 is 5.30 Å². The van der Waals surface area contributed by atoms with Crippen molar-refractivity contribution < 1.29 is 14.2 Å². The molecule has 96 valence electrons. The highest BCUT2D eigenvalue weighted by Crippen LogP contribution is 2.55. The molecule has 0 aromatic heterocycles. The smallest absolute Gasteiger partial charge is 0.275 e. The van der Waals surface area contributed by atoms with E-state index >= 15 is 0 Å². The lowest BCUT2D eigenvalue weighted by atomic mass is 10.4. The van der Waals surface area contributed by atoms with E-state index in [0.717, 1.165) is 0 Å². The molecule has 1 aromatic rings. The molecule has 1 heterocycles. The van der Waals surface area contributed by atoms with Gasteiger partial charge in [-0.05, 0) is 12.1 Å². The van der Waals surface area contributed by atoms with Crippen LogP contribution >= 0.6 is 7.44 Å². The molecule has 0 spiro atoms. The summed E-state index contributed by atoms with van der Waals surface area (Å²) in [7, 11) is -3.29. The molecule has 1 fully saturated rings. The summed E-state index contributed by atoms with van der Waals surface area (Å²) >= 11 is 0. The fourth-order valence-electron chi connectivity index (χ4n) is 2.19. The molecule has 1 aromatic carbocycles. The number of rotatable bonds is 1. The van der Waals surface area contributed by atoms with E-state index in [0.29, 0.717) is 18.4 Å². The predicted molar refractivity (Wildman–Crippen MR) is 68.5 cm³/mol. The highest BCUT2D eigenvalue weighted by atomic mass is 31.2. The van der Waals surface area contributed by atoms with E-state index in [4.69, 9.17) is 0 Å². The molecule has 0 aliphatic carbocycles. The van der Waals surface area contributed by atoms with Gasteiger partial charge in [0.1, 0.15) is 0 Å². The van der Waals surface area contributed by atoms with E-state index in [1.54, 1.807) is 24.3 Å². The third-order valence-corrected chi connectivity index (χ3v) is 6.24. The predicted octanol–water partition coefficient (Wildman–Crippen LogP) is 1.22. The molecule has 1 aliphatic rings. The third-order valence-electron chi connectivity index (χ3n) is 3.00. The number of hydrogen-bond donors (Lipinski definition) is 0. The summed E-state index contributed by atoms with van der Waals surface area (Å²) in [6.45, 7) is 3.39. The van der Waals surface area contributed by atoms with E-state index in [9.17, 15) is 14.2 Å². The monoisotopic (exact) mass is 266 g/mol. The van der Waals surface area contributed by atoms with Crippen LogP contribution in [0.1, 0.15) is 13.8 Å². The van der Waals surface area contributed by atoms with Gasteiger partial charge in [0.25, 0.3) is 7.44 Å². The Balaban J connectivity index is 2.56. The van der Waals surface area contributed by atoms with Crippen molar-refractivity contribution in [1.82, 2.24) is 9.34 Å². The van der Waals surface area contributed by atoms with Crippen molar-refractivity contribution in [3.05, 3.63) is 30.3 Å². The lowest BCUT2D eigenvalue weighted by Gasteiger charge is -2.28. The Kier molecular flexibility index (Phi) is 3.26. The first-order valence-corrected chi connectivity index (χ1v) is 7.32. The molecule has 2 rings (SSSR count). The zero-order chi connectivity index (χ0) is 13.3. The third kappa shape index (κ3) is 1.85. The molecule has 2 amide bonds. The maximum atomic E-state index is 13.2. The molecule has 0 atom stereocenters. The van der Waals surface area contributed by atoms with E-state index in [1.165, 1.54) is 23.2 Å². The van der Waals surface area contributed by atoms with Gasteiger partial charge >= 0.3 is 0 Å². The van der Waals surface area contributed by atoms with Crippen molar-refractivity contribution in [2.45, 2.75) is 13.8 Å². The normalized spacial score (nSPS) is 17.9. The molecule has 0 bridgehead atoms. The molecule has 0 unspecified atom stereocenters. The molecule has 0 N–H and O–H groups in total. The van der Waals surface area contributed by atoms with Gasteiger partial charge in [-0.25, -0.2) is 0 Å². The van der Waals surface area contributed by atoms with Gasteiger partial charge in [-0.3, -0.25) is 23.5 Å². The van der Waals surface area contributed by atoms with E-state index in [-0.39, 0.29) is 11.8 Å². The van der Waals surface area contributed by atoms with Crippen LogP contribution in [0.2, 0.25) is 0 Å². The molecule has 5 nitrogen and oxygen atoms in total. The summed E-state index contributed by atoms with van der Waals surface area (Å²) in [5.74, 6) is -0.545. The van der Waals surface area contributed by atoms with Gasteiger partial charge in [-0.15, -0.1) is 0 Å². The Morgan fingerprint density at radius 2 is 1.44 bits per heavy atom. The Bertz CT molecular complexity index is 503. The molecule has 1 aliphatic heterocycles. The van der Waals surface area contributed by atoms with Crippen LogP contribution in [0, 0.1) is 0 Å². The van der Waals surface area contributed by atoms with Crippen molar-refractivity contribution in [2.75, 3.05) is 13.1 Å². The minimum Gasteiger partial charge on any atom is -0.275 e. The lowest BCUT2D eigenvalue weighted by molar-refractivity contribution is -0.124. The summed E-state index contributed by atoms with van der Waals surface area (Å²) in [6, 6.07) is 8.70. The van der Waals surface area contributed by atoms with Gasteiger partial charge in [0.2, 0.25) is 11.8 Å². The van der Waals surface area contributed by atoms with Crippen molar-refractivity contribution >= 4 is 24.6 Å². The first kappa shape index (κ1) is 12.8. The maximum absolute atomic E-state index is 13.2. The molecule has 1 saturated heterocycles. The van der Waals surface area contributed by atoms with Gasteiger partial charge in [0.15, 0.2) is 0 Å². The summed E-state index contributed by atoms with van der Waals surface area (Å²) in [4.78, 5) is 23.2. The quantitative estimate of drug-likeness (QED) is 0.718. The zero-order valence-corrected chi connectivity index (χ0v) is 11.3. The number of carbonyl (C=O) groups excluding carboxylic acids is 2. The second kappa shape index (κ2) is 4.58. The van der Waals surface area contributed by atoms with Crippen LogP contribution in [0.25, 0.3) is 0 Å². The topological polar surface area (TPSA) is 57.7 Å².